The van der Waals surface area contributed by atoms with Gasteiger partial charge in [0.2, 0.25) is 5.95 Å². The molecule has 0 spiro atoms. The van der Waals surface area contributed by atoms with Gasteiger partial charge in [0, 0.05) is 23.2 Å². The Bertz CT molecular complexity index is 684. The third-order valence-corrected chi connectivity index (χ3v) is 5.02. The van der Waals surface area contributed by atoms with Gasteiger partial charge in [-0.15, -0.1) is 11.8 Å². The maximum atomic E-state index is 6.03. The molecule has 1 aromatic carbocycles. The summed E-state index contributed by atoms with van der Waals surface area (Å²) in [6, 6.07) is 8.18. The molecule has 6 heteroatoms. The normalized spacial score (nSPS) is 21.0. The molecule has 0 radical (unpaired) electrons. The zero-order valence-corrected chi connectivity index (χ0v) is 13.0. The van der Waals surface area contributed by atoms with E-state index in [1.54, 1.807) is 0 Å². The number of benzene rings is 1. The highest BCUT2D eigenvalue weighted by Crippen LogP contribution is 2.42. The number of nitrogen functional groups attached to an aromatic ring is 1. The summed E-state index contributed by atoms with van der Waals surface area (Å²) in [4.78, 5) is 8.76. The molecule has 1 aliphatic carbocycles. The first kappa shape index (κ1) is 13.8. The van der Waals surface area contributed by atoms with E-state index >= 15 is 0 Å². The van der Waals surface area contributed by atoms with Gasteiger partial charge in [0.15, 0.2) is 0 Å². The molecule has 2 aliphatic rings. The van der Waals surface area contributed by atoms with Crippen LogP contribution in [0.15, 0.2) is 30.5 Å². The zero-order chi connectivity index (χ0) is 14.9. The Morgan fingerprint density at radius 1 is 1.32 bits per heavy atom. The topological polar surface area (TPSA) is 73.1 Å². The van der Waals surface area contributed by atoms with Crippen LogP contribution in [0.2, 0.25) is 0 Å². The highest BCUT2D eigenvalue weighted by molar-refractivity contribution is 7.99. The number of ether oxygens (including phenoxy) is 1. The zero-order valence-electron chi connectivity index (χ0n) is 12.2. The highest BCUT2D eigenvalue weighted by Gasteiger charge is 2.26. The Morgan fingerprint density at radius 3 is 2.95 bits per heavy atom. The van der Waals surface area contributed by atoms with Crippen LogP contribution in [0.25, 0.3) is 0 Å². The molecule has 2 heterocycles. The van der Waals surface area contributed by atoms with E-state index < -0.39 is 0 Å². The lowest BCUT2D eigenvalue weighted by molar-refractivity contribution is 0.145. The molecule has 1 saturated heterocycles. The average molecular weight is 314 g/mol. The van der Waals surface area contributed by atoms with Crippen LogP contribution >= 0.6 is 11.8 Å². The van der Waals surface area contributed by atoms with Gasteiger partial charge in [0.1, 0.15) is 11.3 Å². The van der Waals surface area contributed by atoms with Crippen LogP contribution in [0.3, 0.4) is 0 Å². The molecule has 3 N–H and O–H groups in total. The molecule has 4 rings (SSSR count). The number of hydrogen-bond acceptors (Lipinski definition) is 6. The van der Waals surface area contributed by atoms with Gasteiger partial charge >= 0.3 is 0 Å². The lowest BCUT2D eigenvalue weighted by Crippen LogP contribution is -2.03. The minimum atomic E-state index is 0.130. The molecule has 1 atom stereocenters. The van der Waals surface area contributed by atoms with Crippen molar-refractivity contribution in [3.05, 3.63) is 41.6 Å². The van der Waals surface area contributed by atoms with Crippen molar-refractivity contribution in [1.29, 1.82) is 0 Å². The van der Waals surface area contributed by atoms with E-state index in [1.165, 1.54) is 12.8 Å². The van der Waals surface area contributed by atoms with E-state index in [2.05, 4.69) is 27.4 Å². The van der Waals surface area contributed by atoms with Gasteiger partial charge in [0.05, 0.1) is 6.61 Å². The van der Waals surface area contributed by atoms with Crippen molar-refractivity contribution in [3.63, 3.8) is 0 Å². The van der Waals surface area contributed by atoms with Crippen molar-refractivity contribution in [1.82, 2.24) is 9.97 Å². The van der Waals surface area contributed by atoms with Crippen molar-refractivity contribution in [3.8, 4) is 0 Å². The second kappa shape index (κ2) is 5.78. The van der Waals surface area contributed by atoms with Crippen molar-refractivity contribution < 1.29 is 4.74 Å². The molecular weight excluding hydrogens is 296 g/mol. The molecule has 2 fully saturated rings. The average Bonchev–Trinajstić information content (AvgIpc) is 3.21. The van der Waals surface area contributed by atoms with Crippen molar-refractivity contribution in [2.24, 2.45) is 0 Å². The number of aromatic nitrogens is 2. The van der Waals surface area contributed by atoms with Crippen LogP contribution in [0.1, 0.15) is 35.3 Å². The fourth-order valence-corrected chi connectivity index (χ4v) is 3.55. The summed E-state index contributed by atoms with van der Waals surface area (Å²) in [5, 5.41) is 3.23. The van der Waals surface area contributed by atoms with Gasteiger partial charge in [-0.3, -0.25) is 0 Å². The van der Waals surface area contributed by atoms with Crippen molar-refractivity contribution >= 4 is 29.2 Å². The van der Waals surface area contributed by atoms with Gasteiger partial charge < -0.3 is 15.8 Å². The Kier molecular flexibility index (Phi) is 3.63. The van der Waals surface area contributed by atoms with Crippen molar-refractivity contribution in [2.45, 2.75) is 24.2 Å². The molecule has 0 amide bonds. The van der Waals surface area contributed by atoms with Crippen LogP contribution in [-0.4, -0.2) is 22.3 Å². The number of anilines is 3. The van der Waals surface area contributed by atoms with Gasteiger partial charge in [0.25, 0.3) is 0 Å². The fourth-order valence-electron chi connectivity index (χ4n) is 2.62. The van der Waals surface area contributed by atoms with Crippen LogP contribution < -0.4 is 11.1 Å². The van der Waals surface area contributed by atoms with Crippen LogP contribution in [0, 0.1) is 0 Å². The van der Waals surface area contributed by atoms with E-state index in [9.17, 15) is 0 Å². The van der Waals surface area contributed by atoms with Crippen molar-refractivity contribution in [2.75, 3.05) is 23.4 Å². The summed E-state index contributed by atoms with van der Waals surface area (Å²) in [7, 11) is 0. The molecule has 5 nitrogen and oxygen atoms in total. The Morgan fingerprint density at radius 2 is 2.23 bits per heavy atom. The molecule has 114 valence electrons. The minimum Gasteiger partial charge on any atom is -0.383 e. The predicted octanol–water partition coefficient (Wildman–Crippen LogP) is 3.44. The number of nitrogens with one attached hydrogen (secondary N) is 1. The summed E-state index contributed by atoms with van der Waals surface area (Å²) in [5.74, 6) is 2.74. The second-order valence-corrected chi connectivity index (χ2v) is 6.80. The van der Waals surface area contributed by atoms with E-state index in [0.717, 1.165) is 29.2 Å². The van der Waals surface area contributed by atoms with Crippen LogP contribution in [-0.2, 0) is 4.74 Å². The number of rotatable bonds is 4. The Hall–Kier alpha value is -1.79. The third kappa shape index (κ3) is 2.89. The fraction of sp³-hybridized carbons (Fsp3) is 0.375. The summed E-state index contributed by atoms with van der Waals surface area (Å²) in [6.45, 7) is 0.815. The van der Waals surface area contributed by atoms with E-state index in [0.29, 0.717) is 17.7 Å². The van der Waals surface area contributed by atoms with E-state index in [4.69, 9.17) is 10.5 Å². The Balaban J connectivity index is 1.52. The van der Waals surface area contributed by atoms with Crippen LogP contribution in [0.4, 0.5) is 17.5 Å². The number of nitrogens with two attached hydrogens (primary N) is 1. The van der Waals surface area contributed by atoms with E-state index in [1.807, 2.05) is 30.1 Å². The highest BCUT2D eigenvalue weighted by atomic mass is 32.2. The number of nitrogens with zero attached hydrogens (tertiary/aromatic N) is 2. The monoisotopic (exact) mass is 314 g/mol. The largest absolute Gasteiger partial charge is 0.383 e. The summed E-state index contributed by atoms with van der Waals surface area (Å²) >= 11 is 1.82. The maximum Gasteiger partial charge on any atom is 0.229 e. The molecular formula is C16H18N4OS. The van der Waals surface area contributed by atoms with Gasteiger partial charge in [-0.1, -0.05) is 12.1 Å². The number of thioether (sulfide) groups is 1. The molecule has 1 aliphatic heterocycles. The lowest BCUT2D eigenvalue weighted by atomic mass is 10.2. The molecule has 1 saturated carbocycles. The third-order valence-electron chi connectivity index (χ3n) is 3.90. The second-order valence-electron chi connectivity index (χ2n) is 5.63. The summed E-state index contributed by atoms with van der Waals surface area (Å²) in [5.41, 5.74) is 9.35. The van der Waals surface area contributed by atoms with E-state index in [-0.39, 0.29) is 5.44 Å². The molecule has 2 aromatic rings. The SMILES string of the molecule is Nc1nc(Nc2cccc(C3OCCS3)c2)ncc1C1CC1. The summed E-state index contributed by atoms with van der Waals surface area (Å²) < 4.78 is 5.70. The van der Waals surface area contributed by atoms with Gasteiger partial charge in [-0.05, 0) is 36.5 Å². The first-order valence-corrected chi connectivity index (χ1v) is 8.57. The molecule has 1 aromatic heterocycles. The smallest absolute Gasteiger partial charge is 0.229 e. The minimum absolute atomic E-state index is 0.130. The quantitative estimate of drug-likeness (QED) is 0.900. The maximum absolute atomic E-state index is 6.03. The number of hydrogen-bond donors (Lipinski definition) is 2. The molecule has 0 bridgehead atoms. The standard InChI is InChI=1S/C16H18N4OS/c17-14-13(10-4-5-10)9-18-16(20-14)19-12-3-1-2-11(8-12)15-21-6-7-22-15/h1-3,8-10,15H,4-7H2,(H3,17,18,19,20). The van der Waals surface area contributed by atoms with Crippen LogP contribution in [0.5, 0.6) is 0 Å². The molecule has 1 unspecified atom stereocenters. The predicted molar refractivity (Wildman–Crippen MR) is 89.3 cm³/mol. The molecule has 22 heavy (non-hydrogen) atoms. The first-order chi connectivity index (χ1) is 10.8. The lowest BCUT2D eigenvalue weighted by Gasteiger charge is -2.12. The first-order valence-electron chi connectivity index (χ1n) is 7.52. The van der Waals surface area contributed by atoms with Gasteiger partial charge in [-0.2, -0.15) is 4.98 Å². The summed E-state index contributed by atoms with van der Waals surface area (Å²) in [6.07, 6.45) is 4.24. The van der Waals surface area contributed by atoms with Gasteiger partial charge in [-0.25, -0.2) is 4.98 Å². The Labute approximate surface area is 133 Å².